The smallest absolute Gasteiger partial charge is 0.360 e. The Balaban J connectivity index is 2.63. The summed E-state index contributed by atoms with van der Waals surface area (Å²) in [5.74, 6) is 0.504. The standard InChI is InChI=1S/C14H16BrN3O2/c1-4-11-17-12(14(19)20-3)13(16)18(11)9-5-6-10(15)8(2)7-9/h5-7H,4,16H2,1-3H3. The van der Waals surface area contributed by atoms with Gasteiger partial charge < -0.3 is 10.5 Å². The number of carbonyl (C=O) groups is 1. The van der Waals surface area contributed by atoms with E-state index >= 15 is 0 Å². The number of nitrogens with zero attached hydrogens (tertiary/aromatic N) is 2. The van der Waals surface area contributed by atoms with E-state index in [1.807, 2.05) is 32.0 Å². The molecule has 20 heavy (non-hydrogen) atoms. The predicted octanol–water partition coefficient (Wildman–Crippen LogP) is 2.87. The third-order valence-corrected chi connectivity index (χ3v) is 3.97. The molecule has 6 heteroatoms. The number of aryl methyl sites for hydroxylation is 2. The van der Waals surface area contributed by atoms with Crippen LogP contribution in [0.25, 0.3) is 5.69 Å². The number of nitrogens with two attached hydrogens (primary N) is 1. The van der Waals surface area contributed by atoms with Gasteiger partial charge >= 0.3 is 5.97 Å². The molecule has 1 aromatic carbocycles. The highest BCUT2D eigenvalue weighted by Crippen LogP contribution is 2.25. The fourth-order valence-corrected chi connectivity index (χ4v) is 2.27. The molecule has 1 heterocycles. The number of benzene rings is 1. The Bertz CT molecular complexity index is 665. The monoisotopic (exact) mass is 337 g/mol. The van der Waals surface area contributed by atoms with E-state index in [4.69, 9.17) is 10.5 Å². The van der Waals surface area contributed by atoms with Crippen molar-refractivity contribution in [3.05, 3.63) is 39.8 Å². The molecule has 0 aliphatic heterocycles. The fourth-order valence-electron chi connectivity index (χ4n) is 2.02. The molecule has 0 unspecified atom stereocenters. The first-order valence-electron chi connectivity index (χ1n) is 6.21. The predicted molar refractivity (Wildman–Crippen MR) is 81.1 cm³/mol. The lowest BCUT2D eigenvalue weighted by molar-refractivity contribution is 0.0596. The van der Waals surface area contributed by atoms with Crippen LogP contribution >= 0.6 is 15.9 Å². The highest BCUT2D eigenvalue weighted by Gasteiger charge is 2.21. The summed E-state index contributed by atoms with van der Waals surface area (Å²) in [5.41, 5.74) is 8.18. The van der Waals surface area contributed by atoms with Crippen LogP contribution in [-0.4, -0.2) is 22.6 Å². The molecule has 0 saturated carbocycles. The van der Waals surface area contributed by atoms with Crippen molar-refractivity contribution in [2.24, 2.45) is 0 Å². The Labute approximate surface area is 125 Å². The number of methoxy groups -OCH3 is 1. The molecule has 106 valence electrons. The van der Waals surface area contributed by atoms with Gasteiger partial charge in [0, 0.05) is 16.6 Å². The van der Waals surface area contributed by atoms with Crippen molar-refractivity contribution in [3.63, 3.8) is 0 Å². The summed E-state index contributed by atoms with van der Waals surface area (Å²) in [5, 5.41) is 0. The van der Waals surface area contributed by atoms with Crippen LogP contribution in [0.5, 0.6) is 0 Å². The lowest BCUT2D eigenvalue weighted by atomic mass is 10.2. The summed E-state index contributed by atoms with van der Waals surface area (Å²) in [7, 11) is 1.32. The lowest BCUT2D eigenvalue weighted by Crippen LogP contribution is -2.08. The number of nitrogen functional groups attached to an aromatic ring is 1. The van der Waals surface area contributed by atoms with E-state index in [1.54, 1.807) is 4.57 Å². The highest BCUT2D eigenvalue weighted by atomic mass is 79.9. The van der Waals surface area contributed by atoms with E-state index in [0.29, 0.717) is 12.2 Å². The van der Waals surface area contributed by atoms with Gasteiger partial charge in [-0.05, 0) is 30.7 Å². The Morgan fingerprint density at radius 3 is 2.75 bits per heavy atom. The molecule has 0 bridgehead atoms. The number of halogens is 1. The summed E-state index contributed by atoms with van der Waals surface area (Å²) in [6.45, 7) is 3.96. The van der Waals surface area contributed by atoms with E-state index in [-0.39, 0.29) is 5.69 Å². The summed E-state index contributed by atoms with van der Waals surface area (Å²) in [4.78, 5) is 16.0. The second-order valence-corrected chi connectivity index (χ2v) is 5.23. The van der Waals surface area contributed by atoms with Crippen LogP contribution in [0.15, 0.2) is 22.7 Å². The first kappa shape index (κ1) is 14.6. The van der Waals surface area contributed by atoms with Crippen LogP contribution in [0.2, 0.25) is 0 Å². The van der Waals surface area contributed by atoms with Gasteiger partial charge in [-0.25, -0.2) is 9.78 Å². The maximum atomic E-state index is 11.7. The molecule has 1 aromatic heterocycles. The van der Waals surface area contributed by atoms with Gasteiger partial charge in [0.1, 0.15) is 11.6 Å². The van der Waals surface area contributed by atoms with Crippen molar-refractivity contribution in [2.75, 3.05) is 12.8 Å². The molecule has 0 aliphatic rings. The first-order chi connectivity index (χ1) is 9.49. The van der Waals surface area contributed by atoms with Crippen LogP contribution in [0.1, 0.15) is 28.8 Å². The van der Waals surface area contributed by atoms with E-state index in [1.165, 1.54) is 7.11 Å². The first-order valence-corrected chi connectivity index (χ1v) is 7.00. The second kappa shape index (κ2) is 5.66. The number of hydrogen-bond acceptors (Lipinski definition) is 4. The molecule has 0 aliphatic carbocycles. The highest BCUT2D eigenvalue weighted by molar-refractivity contribution is 9.10. The average molecular weight is 338 g/mol. The van der Waals surface area contributed by atoms with E-state index in [0.717, 1.165) is 21.5 Å². The number of imidazole rings is 1. The van der Waals surface area contributed by atoms with E-state index in [2.05, 4.69) is 20.9 Å². The van der Waals surface area contributed by atoms with Crippen LogP contribution in [0, 0.1) is 6.92 Å². The number of ether oxygens (including phenoxy) is 1. The summed E-state index contributed by atoms with van der Waals surface area (Å²) in [6.07, 6.45) is 0.663. The molecule has 0 spiro atoms. The van der Waals surface area contributed by atoms with Gasteiger partial charge in [0.2, 0.25) is 0 Å². The molecular formula is C14H16BrN3O2. The SMILES string of the molecule is CCc1nc(C(=O)OC)c(N)n1-c1ccc(Br)c(C)c1. The zero-order valence-corrected chi connectivity index (χ0v) is 13.2. The van der Waals surface area contributed by atoms with Crippen LogP contribution in [-0.2, 0) is 11.2 Å². The molecule has 5 nitrogen and oxygen atoms in total. The Morgan fingerprint density at radius 2 is 2.20 bits per heavy atom. The Hall–Kier alpha value is -1.82. The molecule has 0 amide bonds. The normalized spacial score (nSPS) is 10.6. The minimum absolute atomic E-state index is 0.157. The number of esters is 1. The lowest BCUT2D eigenvalue weighted by Gasteiger charge is -2.10. The molecule has 0 fully saturated rings. The minimum Gasteiger partial charge on any atom is -0.464 e. The average Bonchev–Trinajstić information content (AvgIpc) is 2.78. The number of aromatic nitrogens is 2. The van der Waals surface area contributed by atoms with Crippen molar-refractivity contribution in [3.8, 4) is 5.69 Å². The molecule has 0 saturated heterocycles. The Morgan fingerprint density at radius 1 is 1.50 bits per heavy atom. The number of carbonyl (C=O) groups excluding carboxylic acids is 1. The zero-order valence-electron chi connectivity index (χ0n) is 11.6. The van der Waals surface area contributed by atoms with Crippen LogP contribution in [0.4, 0.5) is 5.82 Å². The summed E-state index contributed by atoms with van der Waals surface area (Å²) in [6, 6.07) is 5.86. The van der Waals surface area contributed by atoms with Gasteiger partial charge in [-0.15, -0.1) is 0 Å². The quantitative estimate of drug-likeness (QED) is 0.874. The van der Waals surface area contributed by atoms with Crippen molar-refractivity contribution in [1.82, 2.24) is 9.55 Å². The van der Waals surface area contributed by atoms with Crippen molar-refractivity contribution >= 4 is 27.7 Å². The van der Waals surface area contributed by atoms with E-state index < -0.39 is 5.97 Å². The largest absolute Gasteiger partial charge is 0.464 e. The number of rotatable bonds is 3. The maximum Gasteiger partial charge on any atom is 0.360 e. The molecular weight excluding hydrogens is 322 g/mol. The van der Waals surface area contributed by atoms with Crippen LogP contribution in [0.3, 0.4) is 0 Å². The Kier molecular flexibility index (Phi) is 4.13. The molecule has 0 atom stereocenters. The van der Waals surface area contributed by atoms with Gasteiger partial charge in [-0.2, -0.15) is 0 Å². The third-order valence-electron chi connectivity index (χ3n) is 3.08. The molecule has 2 N–H and O–H groups in total. The molecule has 2 rings (SSSR count). The molecule has 0 radical (unpaired) electrons. The topological polar surface area (TPSA) is 70.1 Å². The van der Waals surface area contributed by atoms with Gasteiger partial charge in [-0.1, -0.05) is 22.9 Å². The van der Waals surface area contributed by atoms with Crippen molar-refractivity contribution < 1.29 is 9.53 Å². The number of anilines is 1. The van der Waals surface area contributed by atoms with Crippen molar-refractivity contribution in [2.45, 2.75) is 20.3 Å². The van der Waals surface area contributed by atoms with Gasteiger partial charge in [0.15, 0.2) is 5.69 Å². The second-order valence-electron chi connectivity index (χ2n) is 4.38. The van der Waals surface area contributed by atoms with Gasteiger partial charge in [-0.3, -0.25) is 4.57 Å². The van der Waals surface area contributed by atoms with Crippen LogP contribution < -0.4 is 5.73 Å². The van der Waals surface area contributed by atoms with Gasteiger partial charge in [0.25, 0.3) is 0 Å². The number of hydrogen-bond donors (Lipinski definition) is 1. The fraction of sp³-hybridized carbons (Fsp3) is 0.286. The third kappa shape index (κ3) is 2.43. The maximum absolute atomic E-state index is 11.7. The van der Waals surface area contributed by atoms with E-state index in [9.17, 15) is 4.79 Å². The van der Waals surface area contributed by atoms with Crippen molar-refractivity contribution in [1.29, 1.82) is 0 Å². The summed E-state index contributed by atoms with van der Waals surface area (Å²) < 4.78 is 7.51. The minimum atomic E-state index is -0.523. The molecule has 2 aromatic rings. The summed E-state index contributed by atoms with van der Waals surface area (Å²) >= 11 is 3.47. The zero-order chi connectivity index (χ0) is 14.9. The van der Waals surface area contributed by atoms with Gasteiger partial charge in [0.05, 0.1) is 7.11 Å².